The molecule has 0 saturated carbocycles. The number of sulfonamides is 1. The fraction of sp³-hybridized carbons (Fsp3) is 0.417. The Hall–Kier alpha value is -2.20. The van der Waals surface area contributed by atoms with Gasteiger partial charge in [0, 0.05) is 38.1 Å². The van der Waals surface area contributed by atoms with Crippen LogP contribution in [0, 0.1) is 0 Å². The lowest BCUT2D eigenvalue weighted by Gasteiger charge is -2.14. The van der Waals surface area contributed by atoms with Crippen LogP contribution in [0.4, 0.5) is 0 Å². The highest BCUT2D eigenvalue weighted by Crippen LogP contribution is 2.12. The van der Waals surface area contributed by atoms with Gasteiger partial charge in [-0.2, -0.15) is 0 Å². The van der Waals surface area contributed by atoms with Gasteiger partial charge in [-0.15, -0.1) is 0 Å². The Bertz CT molecular complexity index is 869. The summed E-state index contributed by atoms with van der Waals surface area (Å²) in [7, 11) is -3.16. The van der Waals surface area contributed by atoms with Gasteiger partial charge < -0.3 is 5.32 Å². The van der Waals surface area contributed by atoms with Gasteiger partial charge in [-0.05, 0) is 6.42 Å². The molecule has 0 unspecified atom stereocenters. The van der Waals surface area contributed by atoms with Gasteiger partial charge in [-0.25, -0.2) is 22.2 Å². The second-order valence-corrected chi connectivity index (χ2v) is 7.04. The molecule has 1 fully saturated rings. The molecule has 1 amide bonds. The van der Waals surface area contributed by atoms with Crippen molar-refractivity contribution in [3.05, 3.63) is 34.4 Å². The number of hydrogen-bond donors (Lipinski definition) is 2. The van der Waals surface area contributed by atoms with Crippen molar-refractivity contribution in [3.8, 4) is 0 Å². The van der Waals surface area contributed by atoms with Crippen LogP contribution in [0.1, 0.15) is 16.8 Å². The fourth-order valence-corrected chi connectivity index (χ4v) is 3.94. The molecule has 3 heterocycles. The summed E-state index contributed by atoms with van der Waals surface area (Å²) in [6.07, 6.45) is 3.34. The number of carbonyl (C=O) groups excluding carboxylic acids is 1. The Morgan fingerprint density at radius 2 is 2.27 bits per heavy atom. The van der Waals surface area contributed by atoms with E-state index < -0.39 is 15.9 Å². The molecule has 0 radical (unpaired) electrons. The Morgan fingerprint density at radius 1 is 1.45 bits per heavy atom. The first kappa shape index (κ1) is 14.7. The van der Waals surface area contributed by atoms with Crippen LogP contribution in [0.2, 0.25) is 0 Å². The highest BCUT2D eigenvalue weighted by Gasteiger charge is 2.27. The largest absolute Gasteiger partial charge is 0.351 e. The van der Waals surface area contributed by atoms with Gasteiger partial charge in [-0.1, -0.05) is 0 Å². The van der Waals surface area contributed by atoms with E-state index in [0.29, 0.717) is 13.0 Å². The van der Waals surface area contributed by atoms with Crippen LogP contribution >= 0.6 is 0 Å². The number of hydrogen-bond acceptors (Lipinski definition) is 5. The summed E-state index contributed by atoms with van der Waals surface area (Å²) in [6, 6.07) is 1.28. The molecular weight excluding hydrogens is 310 g/mol. The smallest absolute Gasteiger partial charge is 0.272 e. The molecule has 1 aliphatic heterocycles. The number of nitrogens with one attached hydrogen (secondary N) is 2. The lowest BCUT2D eigenvalue weighted by molar-refractivity contribution is 0.0953. The molecule has 0 aromatic carbocycles. The Balaban J connectivity index is 1.67. The van der Waals surface area contributed by atoms with E-state index in [9.17, 15) is 18.0 Å². The zero-order chi connectivity index (χ0) is 15.7. The average Bonchev–Trinajstić information content (AvgIpc) is 3.03. The Labute approximate surface area is 126 Å². The molecule has 1 saturated heterocycles. The van der Waals surface area contributed by atoms with E-state index in [0.717, 1.165) is 0 Å². The molecule has 0 aliphatic carbocycles. The zero-order valence-corrected chi connectivity index (χ0v) is 12.5. The summed E-state index contributed by atoms with van der Waals surface area (Å²) in [6.45, 7) is 0.929. The van der Waals surface area contributed by atoms with Crippen LogP contribution in [0.25, 0.3) is 5.65 Å². The molecule has 1 aliphatic rings. The highest BCUT2D eigenvalue weighted by molar-refractivity contribution is 7.89. The highest BCUT2D eigenvalue weighted by atomic mass is 32.2. The molecule has 10 heteroatoms. The third-order valence-corrected chi connectivity index (χ3v) is 5.48. The van der Waals surface area contributed by atoms with E-state index in [1.165, 1.54) is 27.3 Å². The van der Waals surface area contributed by atoms with E-state index in [4.69, 9.17) is 0 Å². The fourth-order valence-electron chi connectivity index (χ4n) is 2.42. The topological polar surface area (TPSA) is 117 Å². The van der Waals surface area contributed by atoms with Gasteiger partial charge in [0.1, 0.15) is 5.56 Å². The number of carbonyl (C=O) groups is 1. The minimum absolute atomic E-state index is 0.163. The van der Waals surface area contributed by atoms with Crippen LogP contribution < -0.4 is 10.9 Å². The van der Waals surface area contributed by atoms with Crippen LogP contribution in [0.3, 0.4) is 0 Å². The van der Waals surface area contributed by atoms with Crippen molar-refractivity contribution in [1.29, 1.82) is 0 Å². The van der Waals surface area contributed by atoms with E-state index in [-0.39, 0.29) is 35.6 Å². The molecule has 0 spiro atoms. The van der Waals surface area contributed by atoms with Gasteiger partial charge in [-0.3, -0.25) is 14.7 Å². The number of fused-ring (bicyclic) bond motifs is 1. The summed E-state index contributed by atoms with van der Waals surface area (Å²) in [5, 5.41) is 5.30. The first-order valence-electron chi connectivity index (χ1n) is 6.80. The van der Waals surface area contributed by atoms with E-state index in [2.05, 4.69) is 15.4 Å². The van der Waals surface area contributed by atoms with E-state index >= 15 is 0 Å². The number of aromatic amines is 1. The summed E-state index contributed by atoms with van der Waals surface area (Å²) in [5.74, 6) is -0.246. The minimum atomic E-state index is -3.16. The number of H-pyrrole nitrogens is 1. The molecule has 118 valence electrons. The van der Waals surface area contributed by atoms with Crippen molar-refractivity contribution in [2.45, 2.75) is 6.42 Å². The summed E-state index contributed by atoms with van der Waals surface area (Å²) >= 11 is 0. The lowest BCUT2D eigenvalue weighted by Crippen LogP contribution is -2.35. The van der Waals surface area contributed by atoms with Crippen molar-refractivity contribution >= 4 is 21.6 Å². The van der Waals surface area contributed by atoms with Gasteiger partial charge in [0.2, 0.25) is 10.0 Å². The average molecular weight is 325 g/mol. The molecule has 9 nitrogen and oxygen atoms in total. The van der Waals surface area contributed by atoms with Crippen molar-refractivity contribution in [2.24, 2.45) is 0 Å². The van der Waals surface area contributed by atoms with Crippen molar-refractivity contribution in [3.63, 3.8) is 0 Å². The van der Waals surface area contributed by atoms with Crippen LogP contribution in [-0.4, -0.2) is 58.6 Å². The molecular formula is C12H15N5O4S. The number of amides is 1. The van der Waals surface area contributed by atoms with Crippen LogP contribution in [0.15, 0.2) is 23.3 Å². The SMILES string of the molecule is O=C(NCCN1CCCS1(=O)=O)c1c[nH]n2c(=O)ccnc12. The molecule has 3 rings (SSSR count). The zero-order valence-electron chi connectivity index (χ0n) is 11.7. The van der Waals surface area contributed by atoms with Gasteiger partial charge in [0.05, 0.1) is 5.75 Å². The number of aromatic nitrogens is 3. The number of nitrogens with zero attached hydrogens (tertiary/aromatic N) is 3. The predicted molar refractivity (Wildman–Crippen MR) is 78.1 cm³/mol. The third-order valence-electron chi connectivity index (χ3n) is 3.52. The summed E-state index contributed by atoms with van der Waals surface area (Å²) < 4.78 is 25.8. The molecule has 2 N–H and O–H groups in total. The first-order valence-corrected chi connectivity index (χ1v) is 8.41. The Morgan fingerprint density at radius 3 is 3.00 bits per heavy atom. The third kappa shape index (κ3) is 2.62. The number of rotatable bonds is 4. The second-order valence-electron chi connectivity index (χ2n) is 4.95. The maximum Gasteiger partial charge on any atom is 0.272 e. The Kier molecular flexibility index (Phi) is 3.71. The molecule has 2 aromatic heterocycles. The van der Waals surface area contributed by atoms with Crippen molar-refractivity contribution < 1.29 is 13.2 Å². The standard InChI is InChI=1S/C12H15N5O4S/c18-10-2-3-13-11-9(8-15-17(10)11)12(19)14-4-6-16-5-1-7-22(16,20)21/h2-3,8,15H,1,4-7H2,(H,14,19). The van der Waals surface area contributed by atoms with E-state index in [1.807, 2.05) is 0 Å². The maximum absolute atomic E-state index is 12.1. The van der Waals surface area contributed by atoms with Crippen molar-refractivity contribution in [2.75, 3.05) is 25.4 Å². The molecule has 0 atom stereocenters. The monoisotopic (exact) mass is 325 g/mol. The quantitative estimate of drug-likeness (QED) is 0.731. The van der Waals surface area contributed by atoms with Gasteiger partial charge in [0.25, 0.3) is 11.5 Å². The first-order chi connectivity index (χ1) is 10.5. The molecule has 22 heavy (non-hydrogen) atoms. The second kappa shape index (κ2) is 5.54. The molecule has 2 aromatic rings. The van der Waals surface area contributed by atoms with Gasteiger partial charge in [0.15, 0.2) is 5.65 Å². The maximum atomic E-state index is 12.1. The van der Waals surface area contributed by atoms with Crippen molar-refractivity contribution in [1.82, 2.24) is 24.2 Å². The van der Waals surface area contributed by atoms with Crippen LogP contribution in [-0.2, 0) is 10.0 Å². The summed E-state index contributed by atoms with van der Waals surface area (Å²) in [5.41, 5.74) is 0.160. The van der Waals surface area contributed by atoms with Crippen LogP contribution in [0.5, 0.6) is 0 Å². The normalized spacial score (nSPS) is 17.8. The van der Waals surface area contributed by atoms with Gasteiger partial charge >= 0.3 is 0 Å². The lowest BCUT2D eigenvalue weighted by atomic mass is 10.3. The predicted octanol–water partition coefficient (Wildman–Crippen LogP) is -1.21. The molecule has 0 bridgehead atoms. The van der Waals surface area contributed by atoms with E-state index in [1.54, 1.807) is 0 Å². The minimum Gasteiger partial charge on any atom is -0.351 e. The summed E-state index contributed by atoms with van der Waals surface area (Å²) in [4.78, 5) is 27.7.